The number of unbranched alkanes of at least 4 members (excludes halogenated alkanes) is 19. The maximum Gasteiger partial charge on any atom is 0.326 e. The molecular weight excluding hydrogens is 685 g/mol. The van der Waals surface area contributed by atoms with Crippen LogP contribution in [0.2, 0.25) is 0 Å². The molecule has 318 valence electrons. The second kappa shape index (κ2) is 42.5. The number of rotatable bonds is 41. The zero-order valence-electron chi connectivity index (χ0n) is 35.8. The summed E-state index contributed by atoms with van der Waals surface area (Å²) in [7, 11) is 0. The molecule has 0 radical (unpaired) electrons. The average molecular weight is 771 g/mol. The molecule has 0 fully saturated rings. The number of ether oxygens (including phenoxy) is 1. The second-order valence-corrected chi connectivity index (χ2v) is 15.5. The van der Waals surface area contributed by atoms with Crippen molar-refractivity contribution < 1.29 is 24.2 Å². The van der Waals surface area contributed by atoms with Gasteiger partial charge in [-0.15, -0.1) is 0 Å². The molecule has 55 heavy (non-hydrogen) atoms. The van der Waals surface area contributed by atoms with E-state index in [4.69, 9.17) is 10.5 Å². The average Bonchev–Trinajstić information content (AvgIpc) is 3.17. The molecular formula is C48H86N2O5. The van der Waals surface area contributed by atoms with Gasteiger partial charge in [0, 0.05) is 12.8 Å². The number of carbonyl (C=O) groups excluding carboxylic acids is 2. The molecule has 7 heteroatoms. The smallest absolute Gasteiger partial charge is 0.326 e. The van der Waals surface area contributed by atoms with Crippen LogP contribution in [0.4, 0.5) is 0 Å². The summed E-state index contributed by atoms with van der Waals surface area (Å²) in [6.07, 6.45) is 51.5. The van der Waals surface area contributed by atoms with Crippen LogP contribution in [0.25, 0.3) is 0 Å². The number of esters is 1. The number of allylic oxidation sites excluding steroid dienone is 8. The van der Waals surface area contributed by atoms with Crippen LogP contribution in [0.1, 0.15) is 219 Å². The van der Waals surface area contributed by atoms with Crippen molar-refractivity contribution in [3.05, 3.63) is 48.6 Å². The number of aliphatic carboxylic acids is 1. The Morgan fingerprint density at radius 3 is 1.47 bits per heavy atom. The van der Waals surface area contributed by atoms with Gasteiger partial charge < -0.3 is 20.9 Å². The quantitative estimate of drug-likeness (QED) is 0.0324. The van der Waals surface area contributed by atoms with Gasteiger partial charge in [-0.25, -0.2) is 4.79 Å². The normalized spacial score (nSPS) is 13.1. The minimum atomic E-state index is -1.01. The number of amides is 1. The van der Waals surface area contributed by atoms with Crippen molar-refractivity contribution in [3.8, 4) is 0 Å². The highest BCUT2D eigenvalue weighted by Gasteiger charge is 2.19. The van der Waals surface area contributed by atoms with E-state index in [1.165, 1.54) is 77.0 Å². The van der Waals surface area contributed by atoms with Gasteiger partial charge in [-0.05, 0) is 116 Å². The highest BCUT2D eigenvalue weighted by Crippen LogP contribution is 2.18. The second-order valence-electron chi connectivity index (χ2n) is 15.5. The molecule has 0 saturated heterocycles. The van der Waals surface area contributed by atoms with Crippen molar-refractivity contribution in [1.29, 1.82) is 0 Å². The van der Waals surface area contributed by atoms with Crippen LogP contribution in [-0.2, 0) is 19.1 Å². The Kier molecular flexibility index (Phi) is 40.4. The minimum Gasteiger partial charge on any atom is -0.480 e. The molecule has 0 aromatic rings. The fourth-order valence-corrected chi connectivity index (χ4v) is 6.61. The summed E-state index contributed by atoms with van der Waals surface area (Å²) in [6, 6.07) is -0.862. The molecule has 2 unspecified atom stereocenters. The number of carboxylic acid groups (broad SMARTS) is 1. The van der Waals surface area contributed by atoms with E-state index in [0.717, 1.165) is 103 Å². The van der Waals surface area contributed by atoms with Gasteiger partial charge in [-0.2, -0.15) is 0 Å². The topological polar surface area (TPSA) is 119 Å². The van der Waals surface area contributed by atoms with Gasteiger partial charge in [0.25, 0.3) is 0 Å². The summed E-state index contributed by atoms with van der Waals surface area (Å²) >= 11 is 0. The van der Waals surface area contributed by atoms with E-state index in [0.29, 0.717) is 32.2 Å². The highest BCUT2D eigenvalue weighted by atomic mass is 16.5. The zero-order chi connectivity index (χ0) is 40.3. The molecule has 0 aromatic heterocycles. The van der Waals surface area contributed by atoms with E-state index in [2.05, 4.69) is 67.8 Å². The van der Waals surface area contributed by atoms with Crippen LogP contribution < -0.4 is 11.1 Å². The van der Waals surface area contributed by atoms with Gasteiger partial charge in [0.1, 0.15) is 12.1 Å². The van der Waals surface area contributed by atoms with E-state index in [1.54, 1.807) is 0 Å². The Balaban J connectivity index is 4.42. The van der Waals surface area contributed by atoms with E-state index < -0.39 is 12.0 Å². The van der Waals surface area contributed by atoms with Crippen molar-refractivity contribution in [2.24, 2.45) is 5.73 Å². The minimum absolute atomic E-state index is 0.0179. The SMILES string of the molecule is CCCC/C=C\C/C=C\CCCCCCCC(=O)OC(CCCCC/C=C\C/C=C\CCCCCCC)CCCCCCCC(=O)NC(CCCN)C(=O)O. The lowest BCUT2D eigenvalue weighted by Crippen LogP contribution is -2.40. The molecule has 4 N–H and O–H groups in total. The fraction of sp³-hybridized carbons (Fsp3) is 0.771. The van der Waals surface area contributed by atoms with Gasteiger partial charge in [0.05, 0.1) is 0 Å². The molecule has 0 heterocycles. The number of hydrogen-bond acceptors (Lipinski definition) is 5. The highest BCUT2D eigenvalue weighted by molar-refractivity contribution is 5.83. The largest absolute Gasteiger partial charge is 0.480 e. The monoisotopic (exact) mass is 771 g/mol. The van der Waals surface area contributed by atoms with Crippen LogP contribution in [0, 0.1) is 0 Å². The van der Waals surface area contributed by atoms with Gasteiger partial charge in [0.2, 0.25) is 5.91 Å². The predicted octanol–water partition coefficient (Wildman–Crippen LogP) is 13.2. The van der Waals surface area contributed by atoms with Crippen LogP contribution in [0.15, 0.2) is 48.6 Å². The predicted molar refractivity (Wildman–Crippen MR) is 234 cm³/mol. The first-order valence-electron chi connectivity index (χ1n) is 23.0. The molecule has 7 nitrogen and oxygen atoms in total. The van der Waals surface area contributed by atoms with Gasteiger partial charge in [-0.1, -0.05) is 146 Å². The first-order valence-corrected chi connectivity index (χ1v) is 23.0. The van der Waals surface area contributed by atoms with Crippen molar-refractivity contribution >= 4 is 17.8 Å². The molecule has 0 rings (SSSR count). The molecule has 0 bridgehead atoms. The van der Waals surface area contributed by atoms with Gasteiger partial charge in [-0.3, -0.25) is 9.59 Å². The molecule has 0 spiro atoms. The van der Waals surface area contributed by atoms with Crippen LogP contribution >= 0.6 is 0 Å². The van der Waals surface area contributed by atoms with E-state index in [1.807, 2.05) is 0 Å². The van der Waals surface area contributed by atoms with Crippen molar-refractivity contribution in [2.45, 2.75) is 231 Å². The zero-order valence-corrected chi connectivity index (χ0v) is 35.8. The lowest BCUT2D eigenvalue weighted by molar-refractivity contribution is -0.150. The van der Waals surface area contributed by atoms with Crippen molar-refractivity contribution in [1.82, 2.24) is 5.32 Å². The van der Waals surface area contributed by atoms with E-state index in [-0.39, 0.29) is 18.0 Å². The summed E-state index contributed by atoms with van der Waals surface area (Å²) < 4.78 is 6.04. The Morgan fingerprint density at radius 2 is 0.964 bits per heavy atom. The maximum atomic E-state index is 12.8. The Hall–Kier alpha value is -2.67. The summed E-state index contributed by atoms with van der Waals surface area (Å²) in [6.45, 7) is 4.90. The molecule has 1 amide bonds. The van der Waals surface area contributed by atoms with Crippen LogP contribution in [-0.4, -0.2) is 41.6 Å². The third kappa shape index (κ3) is 39.4. The first kappa shape index (κ1) is 52.3. The standard InChI is InChI=1S/C48H86N2O5/c1-3-5-7-9-11-13-15-17-19-20-22-24-26-29-33-38-44(39-34-30-28-31-35-41-46(51)50-45(48(53)54)40-37-43-49)55-47(52)42-36-32-27-25-23-21-18-16-14-12-10-8-6-4-2/h10,12,15-18,20,22,44-45H,3-9,11,13-14,19,21,23-43,49H2,1-2H3,(H,50,51)(H,53,54)/b12-10-,17-15-,18-16-,22-20-. The summed E-state index contributed by atoms with van der Waals surface area (Å²) in [5.74, 6) is -1.26. The van der Waals surface area contributed by atoms with Crippen LogP contribution in [0.5, 0.6) is 0 Å². The lowest BCUT2D eigenvalue weighted by Gasteiger charge is -2.18. The lowest BCUT2D eigenvalue weighted by atomic mass is 10.0. The van der Waals surface area contributed by atoms with Crippen LogP contribution in [0.3, 0.4) is 0 Å². The molecule has 2 atom stereocenters. The molecule has 0 aliphatic carbocycles. The molecule has 0 aromatic carbocycles. The number of nitrogens with one attached hydrogen (secondary N) is 1. The first-order chi connectivity index (χ1) is 26.9. The molecule has 0 aliphatic heterocycles. The Labute approximate surface area is 338 Å². The van der Waals surface area contributed by atoms with Gasteiger partial charge >= 0.3 is 11.9 Å². The summed E-state index contributed by atoms with van der Waals surface area (Å²) in [5.41, 5.74) is 5.49. The van der Waals surface area contributed by atoms with E-state index in [9.17, 15) is 19.5 Å². The maximum absolute atomic E-state index is 12.8. The number of nitrogens with two attached hydrogens (primary N) is 1. The number of carbonyl (C=O) groups is 3. The third-order valence-corrected chi connectivity index (χ3v) is 10.1. The molecule has 0 aliphatic rings. The third-order valence-electron chi connectivity index (χ3n) is 10.1. The molecule has 0 saturated carbocycles. The number of carboxylic acids is 1. The van der Waals surface area contributed by atoms with Crippen molar-refractivity contribution in [2.75, 3.05) is 6.54 Å². The Bertz CT molecular complexity index is 1000. The fourth-order valence-electron chi connectivity index (χ4n) is 6.61. The van der Waals surface area contributed by atoms with Crippen molar-refractivity contribution in [3.63, 3.8) is 0 Å². The number of hydrogen-bond donors (Lipinski definition) is 3. The van der Waals surface area contributed by atoms with Gasteiger partial charge in [0.15, 0.2) is 0 Å². The summed E-state index contributed by atoms with van der Waals surface area (Å²) in [5, 5.41) is 11.9. The van der Waals surface area contributed by atoms with E-state index >= 15 is 0 Å². The Morgan fingerprint density at radius 1 is 0.527 bits per heavy atom. The summed E-state index contributed by atoms with van der Waals surface area (Å²) in [4.78, 5) is 36.4.